The lowest BCUT2D eigenvalue weighted by Crippen LogP contribution is -2.40. The highest BCUT2D eigenvalue weighted by Gasteiger charge is 2.24. The highest BCUT2D eigenvalue weighted by Crippen LogP contribution is 2.20. The molecule has 7 heteroatoms. The Hall–Kier alpha value is -1.60. The SMILES string of the molecule is COC1CCN(C(=O)c2cc(N)cc(S(C)(=O)=O)c2)CC1. The molecule has 1 fully saturated rings. The third-order valence-electron chi connectivity index (χ3n) is 3.67. The Morgan fingerprint density at radius 3 is 2.43 bits per heavy atom. The number of amides is 1. The van der Waals surface area contributed by atoms with Crippen LogP contribution in [0.5, 0.6) is 0 Å². The number of sulfone groups is 1. The Bertz CT molecular complexity index is 634. The number of rotatable bonds is 3. The summed E-state index contributed by atoms with van der Waals surface area (Å²) < 4.78 is 28.5. The molecule has 0 aliphatic carbocycles. The van der Waals surface area contributed by atoms with Gasteiger partial charge in [-0.1, -0.05) is 0 Å². The number of benzene rings is 1. The first-order valence-electron chi connectivity index (χ1n) is 6.74. The van der Waals surface area contributed by atoms with Crippen molar-refractivity contribution in [2.45, 2.75) is 23.8 Å². The molecule has 0 bridgehead atoms. The summed E-state index contributed by atoms with van der Waals surface area (Å²) in [6, 6.07) is 4.26. The molecule has 116 valence electrons. The molecule has 1 heterocycles. The predicted molar refractivity (Wildman–Crippen MR) is 79.9 cm³/mol. The van der Waals surface area contributed by atoms with Gasteiger partial charge in [0, 0.05) is 37.7 Å². The highest BCUT2D eigenvalue weighted by atomic mass is 32.2. The summed E-state index contributed by atoms with van der Waals surface area (Å²) >= 11 is 0. The van der Waals surface area contributed by atoms with Crippen LogP contribution in [-0.2, 0) is 14.6 Å². The molecule has 2 N–H and O–H groups in total. The number of methoxy groups -OCH3 is 1. The fourth-order valence-electron chi connectivity index (χ4n) is 2.44. The van der Waals surface area contributed by atoms with Crippen molar-refractivity contribution in [1.29, 1.82) is 0 Å². The molecule has 6 nitrogen and oxygen atoms in total. The van der Waals surface area contributed by atoms with Crippen molar-refractivity contribution in [3.8, 4) is 0 Å². The van der Waals surface area contributed by atoms with Crippen LogP contribution in [0.3, 0.4) is 0 Å². The van der Waals surface area contributed by atoms with Crippen molar-refractivity contribution in [1.82, 2.24) is 4.90 Å². The van der Waals surface area contributed by atoms with E-state index >= 15 is 0 Å². The number of anilines is 1. The highest BCUT2D eigenvalue weighted by molar-refractivity contribution is 7.90. The number of nitrogens with zero attached hydrogens (tertiary/aromatic N) is 1. The molecule has 0 spiro atoms. The quantitative estimate of drug-likeness (QED) is 0.838. The number of ether oxygens (including phenoxy) is 1. The molecule has 1 aromatic rings. The van der Waals surface area contributed by atoms with Gasteiger partial charge in [-0.3, -0.25) is 4.79 Å². The standard InChI is InChI=1S/C14H20N2O4S/c1-20-12-3-5-16(6-4-12)14(17)10-7-11(15)9-13(8-10)21(2,18)19/h7-9,12H,3-6,15H2,1-2H3. The number of carbonyl (C=O) groups excluding carboxylic acids is 1. The molecule has 1 aliphatic heterocycles. The van der Waals surface area contributed by atoms with Crippen LogP contribution in [0, 0.1) is 0 Å². The van der Waals surface area contributed by atoms with Crippen molar-refractivity contribution in [2.24, 2.45) is 0 Å². The monoisotopic (exact) mass is 312 g/mol. The number of piperidine rings is 1. The summed E-state index contributed by atoms with van der Waals surface area (Å²) in [5.74, 6) is -0.193. The van der Waals surface area contributed by atoms with Crippen molar-refractivity contribution in [3.05, 3.63) is 23.8 Å². The van der Waals surface area contributed by atoms with Crippen LogP contribution in [-0.4, -0.2) is 51.8 Å². The van der Waals surface area contributed by atoms with E-state index in [1.165, 1.54) is 18.2 Å². The van der Waals surface area contributed by atoms with E-state index in [-0.39, 0.29) is 22.6 Å². The molecular weight excluding hydrogens is 292 g/mol. The zero-order chi connectivity index (χ0) is 15.6. The first-order chi connectivity index (χ1) is 9.81. The van der Waals surface area contributed by atoms with E-state index in [1.54, 1.807) is 12.0 Å². The molecule has 1 saturated heterocycles. The van der Waals surface area contributed by atoms with Gasteiger partial charge in [0.15, 0.2) is 9.84 Å². The Kier molecular flexibility index (Phi) is 4.53. The lowest BCUT2D eigenvalue weighted by Gasteiger charge is -2.31. The van der Waals surface area contributed by atoms with Crippen LogP contribution >= 0.6 is 0 Å². The van der Waals surface area contributed by atoms with E-state index in [4.69, 9.17) is 10.5 Å². The van der Waals surface area contributed by atoms with Crippen molar-refractivity contribution in [3.63, 3.8) is 0 Å². The maximum Gasteiger partial charge on any atom is 0.253 e. The van der Waals surface area contributed by atoms with Crippen molar-refractivity contribution in [2.75, 3.05) is 32.2 Å². The summed E-state index contributed by atoms with van der Waals surface area (Å²) in [6.07, 6.45) is 2.84. The van der Waals surface area contributed by atoms with Crippen LogP contribution < -0.4 is 5.73 Å². The van der Waals surface area contributed by atoms with Crippen LogP contribution in [0.25, 0.3) is 0 Å². The Balaban J connectivity index is 2.22. The molecule has 0 saturated carbocycles. The van der Waals surface area contributed by atoms with Gasteiger partial charge in [-0.2, -0.15) is 0 Å². The molecule has 0 aromatic heterocycles. The molecule has 1 aliphatic rings. The summed E-state index contributed by atoms with van der Waals surface area (Å²) in [5, 5.41) is 0. The number of hydrogen-bond acceptors (Lipinski definition) is 5. The number of nitrogen functional groups attached to an aromatic ring is 1. The average molecular weight is 312 g/mol. The molecule has 1 aromatic carbocycles. The smallest absolute Gasteiger partial charge is 0.253 e. The number of nitrogens with two attached hydrogens (primary N) is 1. The zero-order valence-electron chi connectivity index (χ0n) is 12.2. The minimum Gasteiger partial charge on any atom is -0.399 e. The second-order valence-electron chi connectivity index (χ2n) is 5.29. The summed E-state index contributed by atoms with van der Waals surface area (Å²) in [6.45, 7) is 1.20. The molecule has 21 heavy (non-hydrogen) atoms. The summed E-state index contributed by atoms with van der Waals surface area (Å²) in [4.78, 5) is 14.2. The maximum atomic E-state index is 12.5. The first kappa shape index (κ1) is 15.8. The zero-order valence-corrected chi connectivity index (χ0v) is 13.0. The molecule has 2 rings (SSSR count). The normalized spacial score (nSPS) is 17.0. The lowest BCUT2D eigenvalue weighted by molar-refractivity contribution is 0.0350. The van der Waals surface area contributed by atoms with Gasteiger partial charge >= 0.3 is 0 Å². The number of carbonyl (C=O) groups is 1. The van der Waals surface area contributed by atoms with Gasteiger partial charge in [0.25, 0.3) is 5.91 Å². The first-order valence-corrected chi connectivity index (χ1v) is 8.63. The molecule has 1 amide bonds. The fraction of sp³-hybridized carbons (Fsp3) is 0.500. The van der Waals surface area contributed by atoms with Gasteiger partial charge in [0.1, 0.15) is 0 Å². The van der Waals surface area contributed by atoms with E-state index in [9.17, 15) is 13.2 Å². The van der Waals surface area contributed by atoms with E-state index in [2.05, 4.69) is 0 Å². The Labute approximate surface area is 124 Å². The minimum atomic E-state index is -3.40. The van der Waals surface area contributed by atoms with E-state index in [0.29, 0.717) is 18.7 Å². The van der Waals surface area contributed by atoms with E-state index < -0.39 is 9.84 Å². The van der Waals surface area contributed by atoms with Crippen LogP contribution in [0.1, 0.15) is 23.2 Å². The second kappa shape index (κ2) is 6.03. The molecule has 0 radical (unpaired) electrons. The fourth-order valence-corrected chi connectivity index (χ4v) is 3.13. The van der Waals surface area contributed by atoms with Gasteiger partial charge < -0.3 is 15.4 Å². The van der Waals surface area contributed by atoms with Gasteiger partial charge in [-0.05, 0) is 31.0 Å². The third kappa shape index (κ3) is 3.74. The largest absolute Gasteiger partial charge is 0.399 e. The predicted octanol–water partition coefficient (Wildman–Crippen LogP) is 0.923. The minimum absolute atomic E-state index is 0.0672. The van der Waals surface area contributed by atoms with Crippen molar-refractivity contribution >= 4 is 21.4 Å². The third-order valence-corrected chi connectivity index (χ3v) is 4.76. The van der Waals surface area contributed by atoms with E-state index in [0.717, 1.165) is 19.1 Å². The van der Waals surface area contributed by atoms with Gasteiger partial charge in [0.05, 0.1) is 11.0 Å². The van der Waals surface area contributed by atoms with E-state index in [1.807, 2.05) is 0 Å². The average Bonchev–Trinajstić information content (AvgIpc) is 2.45. The second-order valence-corrected chi connectivity index (χ2v) is 7.31. The molecule has 0 unspecified atom stereocenters. The Morgan fingerprint density at radius 1 is 1.29 bits per heavy atom. The number of hydrogen-bond donors (Lipinski definition) is 1. The summed E-state index contributed by atoms with van der Waals surface area (Å²) in [7, 11) is -1.73. The topological polar surface area (TPSA) is 89.7 Å². The molecule has 0 atom stereocenters. The maximum absolute atomic E-state index is 12.5. The Morgan fingerprint density at radius 2 is 1.90 bits per heavy atom. The van der Waals surface area contributed by atoms with Crippen LogP contribution in [0.2, 0.25) is 0 Å². The summed E-state index contributed by atoms with van der Waals surface area (Å²) in [5.41, 5.74) is 6.29. The number of likely N-dealkylation sites (tertiary alicyclic amines) is 1. The van der Waals surface area contributed by atoms with Crippen LogP contribution in [0.15, 0.2) is 23.1 Å². The van der Waals surface area contributed by atoms with Crippen molar-refractivity contribution < 1.29 is 17.9 Å². The van der Waals surface area contributed by atoms with Gasteiger partial charge in [0.2, 0.25) is 0 Å². The lowest BCUT2D eigenvalue weighted by atomic mass is 10.1. The van der Waals surface area contributed by atoms with Gasteiger partial charge in [-0.25, -0.2) is 8.42 Å². The van der Waals surface area contributed by atoms with Crippen LogP contribution in [0.4, 0.5) is 5.69 Å². The molecular formula is C14H20N2O4S. The van der Waals surface area contributed by atoms with Gasteiger partial charge in [-0.15, -0.1) is 0 Å².